The molecule has 3 aromatic rings. The molecule has 0 unspecified atom stereocenters. The van der Waals surface area contributed by atoms with Crippen LogP contribution in [0.4, 0.5) is 0 Å². The lowest BCUT2D eigenvalue weighted by Crippen LogP contribution is -2.32. The van der Waals surface area contributed by atoms with E-state index in [9.17, 15) is 0 Å². The molecule has 2 fully saturated rings. The largest absolute Gasteiger partial charge is 0.345 e. The normalized spacial score (nSPS) is 22.9. The van der Waals surface area contributed by atoms with E-state index in [1.165, 1.54) is 35.0 Å². The molecule has 0 amide bonds. The van der Waals surface area contributed by atoms with Gasteiger partial charge in [-0.05, 0) is 64.1 Å². The fourth-order valence-electron chi connectivity index (χ4n) is 4.29. The second-order valence-electron chi connectivity index (χ2n) is 8.32. The van der Waals surface area contributed by atoms with Crippen molar-refractivity contribution < 1.29 is 0 Å². The molecular formula is C21H27N5. The first-order valence-electron chi connectivity index (χ1n) is 9.90. The maximum absolute atomic E-state index is 5.81. The minimum absolute atomic E-state index is 0.441. The molecule has 0 aromatic carbocycles. The molecule has 0 bridgehead atoms. The Morgan fingerprint density at radius 2 is 2.04 bits per heavy atom. The van der Waals surface area contributed by atoms with Gasteiger partial charge in [0, 0.05) is 41.5 Å². The van der Waals surface area contributed by atoms with Crippen LogP contribution < -0.4 is 5.73 Å². The molecule has 0 atom stereocenters. The van der Waals surface area contributed by atoms with Crippen LogP contribution in [-0.4, -0.2) is 25.9 Å². The zero-order valence-electron chi connectivity index (χ0n) is 15.6. The highest BCUT2D eigenvalue weighted by molar-refractivity contribution is 5.93. The first kappa shape index (κ1) is 16.1. The summed E-state index contributed by atoms with van der Waals surface area (Å²) >= 11 is 0. The average Bonchev–Trinajstić information content (AvgIpc) is 3.19. The third-order valence-corrected chi connectivity index (χ3v) is 6.10. The zero-order valence-corrected chi connectivity index (χ0v) is 15.6. The van der Waals surface area contributed by atoms with Crippen molar-refractivity contribution in [3.8, 4) is 11.3 Å². The smallest absolute Gasteiger partial charge is 0.0830 e. The molecule has 2 aliphatic rings. The van der Waals surface area contributed by atoms with Crippen molar-refractivity contribution in [3.63, 3.8) is 0 Å². The number of pyridine rings is 1. The van der Waals surface area contributed by atoms with Crippen LogP contribution >= 0.6 is 0 Å². The van der Waals surface area contributed by atoms with E-state index in [4.69, 9.17) is 15.8 Å². The molecule has 5 heteroatoms. The molecule has 0 radical (unpaired) electrons. The lowest BCUT2D eigenvalue weighted by Gasteiger charge is -2.34. The van der Waals surface area contributed by atoms with Crippen LogP contribution in [0.2, 0.25) is 0 Å². The summed E-state index contributed by atoms with van der Waals surface area (Å²) in [5.74, 6) is 1.28. The van der Waals surface area contributed by atoms with Gasteiger partial charge in [0.2, 0.25) is 0 Å². The van der Waals surface area contributed by atoms with E-state index < -0.39 is 0 Å². The van der Waals surface area contributed by atoms with E-state index in [0.717, 1.165) is 25.1 Å². The van der Waals surface area contributed by atoms with E-state index in [2.05, 4.69) is 47.6 Å². The van der Waals surface area contributed by atoms with Crippen LogP contribution in [0.1, 0.15) is 63.2 Å². The Balaban J connectivity index is 1.59. The van der Waals surface area contributed by atoms with Gasteiger partial charge < -0.3 is 10.3 Å². The maximum atomic E-state index is 5.81. The van der Waals surface area contributed by atoms with Crippen molar-refractivity contribution in [3.05, 3.63) is 36.4 Å². The highest BCUT2D eigenvalue weighted by Gasteiger charge is 2.35. The number of nitrogens with two attached hydrogens (primary N) is 1. The Labute approximate surface area is 154 Å². The Morgan fingerprint density at radius 1 is 1.23 bits per heavy atom. The molecule has 0 aliphatic heterocycles. The fourth-order valence-corrected chi connectivity index (χ4v) is 4.29. The number of nitrogens with zero attached hydrogens (tertiary/aromatic N) is 4. The van der Waals surface area contributed by atoms with Gasteiger partial charge in [0.25, 0.3) is 0 Å². The third-order valence-electron chi connectivity index (χ3n) is 6.10. The van der Waals surface area contributed by atoms with Gasteiger partial charge in [-0.2, -0.15) is 5.10 Å². The van der Waals surface area contributed by atoms with Crippen LogP contribution in [0.3, 0.4) is 0 Å². The van der Waals surface area contributed by atoms with Crippen LogP contribution in [0.15, 0.2) is 30.7 Å². The van der Waals surface area contributed by atoms with Crippen LogP contribution in [0.5, 0.6) is 0 Å². The van der Waals surface area contributed by atoms with Gasteiger partial charge in [0.15, 0.2) is 0 Å². The summed E-state index contributed by atoms with van der Waals surface area (Å²) in [6.07, 6.45) is 11.2. The van der Waals surface area contributed by atoms with E-state index in [0.29, 0.717) is 23.9 Å². The van der Waals surface area contributed by atoms with Crippen LogP contribution in [0.25, 0.3) is 22.2 Å². The minimum Gasteiger partial charge on any atom is -0.345 e. The molecule has 0 spiro atoms. The molecule has 2 aliphatic carbocycles. The molecule has 2 N–H and O–H groups in total. The van der Waals surface area contributed by atoms with Gasteiger partial charge in [-0.15, -0.1) is 0 Å². The van der Waals surface area contributed by atoms with Crippen molar-refractivity contribution in [1.82, 2.24) is 19.3 Å². The fraction of sp³-hybridized carbons (Fsp3) is 0.524. The van der Waals surface area contributed by atoms with E-state index in [-0.39, 0.29) is 0 Å². The second kappa shape index (κ2) is 5.95. The van der Waals surface area contributed by atoms with Crippen LogP contribution in [0, 0.1) is 5.92 Å². The molecule has 136 valence electrons. The molecule has 5 rings (SSSR count). The SMILES string of the molecule is CC(C)n1ccc2c(-c3cn(C4CC(CN)C4)nc3C3CC3)nccc21. The monoisotopic (exact) mass is 349 g/mol. The van der Waals surface area contributed by atoms with Gasteiger partial charge in [0.1, 0.15) is 0 Å². The third kappa shape index (κ3) is 2.49. The molecule has 2 saturated carbocycles. The molecule has 3 heterocycles. The van der Waals surface area contributed by atoms with E-state index >= 15 is 0 Å². The highest BCUT2D eigenvalue weighted by Crippen LogP contribution is 2.46. The standard InChI is InChI=1S/C21H27N5/c1-13(2)25-8-6-17-19(25)5-7-23-21(17)18-12-26(16-9-14(10-16)11-22)24-20(18)15-3-4-15/h5-8,12-16H,3-4,9-11,22H2,1-2H3. The lowest BCUT2D eigenvalue weighted by molar-refractivity contribution is 0.189. The van der Waals surface area contributed by atoms with Crippen molar-refractivity contribution in [2.45, 2.75) is 57.5 Å². The molecule has 26 heavy (non-hydrogen) atoms. The van der Waals surface area contributed by atoms with Crippen molar-refractivity contribution in [1.29, 1.82) is 0 Å². The van der Waals surface area contributed by atoms with Gasteiger partial charge >= 0.3 is 0 Å². The summed E-state index contributed by atoms with van der Waals surface area (Å²) in [4.78, 5) is 4.78. The predicted octanol–water partition coefficient (Wildman–Crippen LogP) is 4.27. The number of hydrogen-bond donors (Lipinski definition) is 1. The zero-order chi connectivity index (χ0) is 17.8. The Morgan fingerprint density at radius 3 is 2.73 bits per heavy atom. The summed E-state index contributed by atoms with van der Waals surface area (Å²) in [5, 5.41) is 6.25. The second-order valence-corrected chi connectivity index (χ2v) is 8.32. The molecule has 5 nitrogen and oxygen atoms in total. The Kier molecular flexibility index (Phi) is 3.67. The Bertz CT molecular complexity index is 941. The molecule has 3 aromatic heterocycles. The number of rotatable bonds is 5. The van der Waals surface area contributed by atoms with Crippen molar-refractivity contribution in [2.75, 3.05) is 6.54 Å². The Hall–Kier alpha value is -2.14. The predicted molar refractivity (Wildman–Crippen MR) is 104 cm³/mol. The number of fused-ring (bicyclic) bond motifs is 1. The first-order chi connectivity index (χ1) is 12.7. The first-order valence-corrected chi connectivity index (χ1v) is 9.90. The van der Waals surface area contributed by atoms with E-state index in [1.54, 1.807) is 0 Å². The maximum Gasteiger partial charge on any atom is 0.0830 e. The van der Waals surface area contributed by atoms with Gasteiger partial charge in [-0.1, -0.05) is 0 Å². The summed E-state index contributed by atoms with van der Waals surface area (Å²) < 4.78 is 4.52. The molecule has 0 saturated heterocycles. The highest BCUT2D eigenvalue weighted by atomic mass is 15.3. The lowest BCUT2D eigenvalue weighted by atomic mass is 9.80. The van der Waals surface area contributed by atoms with Gasteiger partial charge in [-0.25, -0.2) is 0 Å². The van der Waals surface area contributed by atoms with E-state index in [1.807, 2.05) is 6.20 Å². The number of hydrogen-bond acceptors (Lipinski definition) is 3. The summed E-state index contributed by atoms with van der Waals surface area (Å²) in [6, 6.07) is 5.28. The average molecular weight is 349 g/mol. The van der Waals surface area contributed by atoms with Gasteiger partial charge in [0.05, 0.1) is 22.9 Å². The number of aromatic nitrogens is 4. The van der Waals surface area contributed by atoms with Crippen LogP contribution in [-0.2, 0) is 0 Å². The summed E-state index contributed by atoms with van der Waals surface area (Å²) in [6.45, 7) is 5.24. The molecular weight excluding hydrogens is 322 g/mol. The quantitative estimate of drug-likeness (QED) is 0.748. The van der Waals surface area contributed by atoms with Crippen molar-refractivity contribution >= 4 is 10.9 Å². The topological polar surface area (TPSA) is 61.7 Å². The van der Waals surface area contributed by atoms with Crippen molar-refractivity contribution in [2.24, 2.45) is 11.7 Å². The summed E-state index contributed by atoms with van der Waals surface area (Å²) in [5.41, 5.74) is 10.6. The minimum atomic E-state index is 0.441. The summed E-state index contributed by atoms with van der Waals surface area (Å²) in [7, 11) is 0. The van der Waals surface area contributed by atoms with Gasteiger partial charge in [-0.3, -0.25) is 9.67 Å².